The van der Waals surface area contributed by atoms with Crippen molar-refractivity contribution in [1.29, 1.82) is 0 Å². The van der Waals surface area contributed by atoms with E-state index in [4.69, 9.17) is 4.98 Å². The lowest BCUT2D eigenvalue weighted by Crippen LogP contribution is -2.22. The number of hydrogen-bond donors (Lipinski definition) is 1. The first-order valence-electron chi connectivity index (χ1n) is 10.0. The highest BCUT2D eigenvalue weighted by atomic mass is 32.2. The number of fused-ring (bicyclic) bond motifs is 3. The van der Waals surface area contributed by atoms with E-state index in [0.717, 1.165) is 22.7 Å². The summed E-state index contributed by atoms with van der Waals surface area (Å²) in [6.45, 7) is 0. The molecule has 0 atom stereocenters. The topological polar surface area (TPSA) is 111 Å². The van der Waals surface area contributed by atoms with Gasteiger partial charge in [-0.25, -0.2) is 4.98 Å². The van der Waals surface area contributed by atoms with Crippen LogP contribution >= 0.6 is 11.8 Å². The van der Waals surface area contributed by atoms with Crippen LogP contribution in [0.3, 0.4) is 0 Å². The number of para-hydroxylation sites is 1. The van der Waals surface area contributed by atoms with Gasteiger partial charge in [-0.3, -0.25) is 24.3 Å². The third-order valence-electron chi connectivity index (χ3n) is 5.24. The highest BCUT2D eigenvalue weighted by Gasteiger charge is 2.19. The molecule has 0 aliphatic rings. The summed E-state index contributed by atoms with van der Waals surface area (Å²) in [5, 5.41) is 12.2. The van der Waals surface area contributed by atoms with Crippen LogP contribution in [0.5, 0.6) is 0 Å². The van der Waals surface area contributed by atoms with Crippen molar-refractivity contribution in [2.24, 2.45) is 0 Å². The number of Topliss-reactive ketones (excluding diaryl/α,β-unsaturated/α-hetero) is 1. The number of H-pyrrole nitrogens is 1. The first-order valence-corrected chi connectivity index (χ1v) is 11.0. The van der Waals surface area contributed by atoms with Crippen LogP contribution in [-0.2, 0) is 0 Å². The van der Waals surface area contributed by atoms with Crippen molar-refractivity contribution in [3.8, 4) is 5.69 Å². The van der Waals surface area contributed by atoms with Crippen molar-refractivity contribution < 1.29 is 9.72 Å². The highest BCUT2D eigenvalue weighted by Crippen LogP contribution is 2.27. The number of carbonyl (C=O) groups is 1. The molecule has 8 nitrogen and oxygen atoms in total. The largest absolute Gasteiger partial charge is 0.349 e. The number of nitro benzene ring substituents is 1. The van der Waals surface area contributed by atoms with E-state index < -0.39 is 4.92 Å². The van der Waals surface area contributed by atoms with E-state index in [1.54, 1.807) is 24.3 Å². The van der Waals surface area contributed by atoms with Gasteiger partial charge in [0.1, 0.15) is 11.0 Å². The third kappa shape index (κ3) is 3.79. The van der Waals surface area contributed by atoms with Crippen molar-refractivity contribution in [2.45, 2.75) is 5.16 Å². The zero-order chi connectivity index (χ0) is 22.9. The number of rotatable bonds is 6. The lowest BCUT2D eigenvalue weighted by Gasteiger charge is -2.12. The molecule has 1 N–H and O–H groups in total. The number of carbonyl (C=O) groups excluding carboxylic acids is 1. The molecule has 0 aliphatic heterocycles. The number of thioether (sulfide) groups is 1. The minimum absolute atomic E-state index is 0.0807. The Morgan fingerprint density at radius 3 is 2.42 bits per heavy atom. The number of aromatic amines is 1. The average Bonchev–Trinajstić information content (AvgIpc) is 3.22. The zero-order valence-electron chi connectivity index (χ0n) is 17.1. The van der Waals surface area contributed by atoms with Gasteiger partial charge in [0.2, 0.25) is 0 Å². The SMILES string of the molecule is O=C(CSc1nc2c([nH]c3ccccc32)c(=O)n1-c1ccc([N+](=O)[O-])cc1)c1ccccc1. The standard InChI is InChI=1S/C24H16N4O4S/c29-20(15-6-2-1-3-7-15)14-33-24-26-21-18-8-4-5-9-19(18)25-22(21)23(30)27(24)16-10-12-17(13-11-16)28(31)32/h1-13,25H,14H2. The fourth-order valence-electron chi connectivity index (χ4n) is 3.63. The Labute approximate surface area is 191 Å². The van der Waals surface area contributed by atoms with Crippen LogP contribution in [0.1, 0.15) is 10.4 Å². The molecule has 0 saturated carbocycles. The Hall–Kier alpha value is -4.24. The fraction of sp³-hybridized carbons (Fsp3) is 0.0417. The molecular weight excluding hydrogens is 440 g/mol. The Kier molecular flexibility index (Phi) is 5.23. The Bertz CT molecular complexity index is 1570. The first kappa shape index (κ1) is 20.7. The van der Waals surface area contributed by atoms with Crippen molar-refractivity contribution in [3.05, 3.63) is 105 Å². The van der Waals surface area contributed by atoms with Crippen LogP contribution in [0.4, 0.5) is 5.69 Å². The number of aromatic nitrogens is 3. The molecule has 0 bridgehead atoms. The molecule has 0 amide bonds. The van der Waals surface area contributed by atoms with Gasteiger partial charge in [0.25, 0.3) is 11.2 Å². The van der Waals surface area contributed by atoms with Gasteiger partial charge in [-0.2, -0.15) is 0 Å². The Morgan fingerprint density at radius 2 is 1.70 bits per heavy atom. The molecule has 5 aromatic rings. The smallest absolute Gasteiger partial charge is 0.283 e. The second kappa shape index (κ2) is 8.36. The summed E-state index contributed by atoms with van der Waals surface area (Å²) >= 11 is 1.15. The number of non-ortho nitro benzene ring substituents is 1. The molecule has 2 heterocycles. The first-order chi connectivity index (χ1) is 16.0. The molecule has 0 radical (unpaired) electrons. The molecule has 0 fully saturated rings. The molecule has 0 aliphatic carbocycles. The van der Waals surface area contributed by atoms with Crippen molar-refractivity contribution in [1.82, 2.24) is 14.5 Å². The molecular formula is C24H16N4O4S. The quantitative estimate of drug-likeness (QED) is 0.130. The van der Waals surface area contributed by atoms with Crippen molar-refractivity contribution in [2.75, 3.05) is 5.75 Å². The summed E-state index contributed by atoms with van der Waals surface area (Å²) < 4.78 is 1.38. The van der Waals surface area contributed by atoms with E-state index in [2.05, 4.69) is 4.98 Å². The number of hydrogen-bond acceptors (Lipinski definition) is 6. The van der Waals surface area contributed by atoms with Crippen LogP contribution in [-0.4, -0.2) is 31.0 Å². The average molecular weight is 456 g/mol. The second-order valence-corrected chi connectivity index (χ2v) is 8.22. The maximum Gasteiger partial charge on any atom is 0.283 e. The van der Waals surface area contributed by atoms with E-state index in [0.29, 0.717) is 27.4 Å². The number of nitro groups is 1. The molecule has 33 heavy (non-hydrogen) atoms. The zero-order valence-corrected chi connectivity index (χ0v) is 17.9. The summed E-state index contributed by atoms with van der Waals surface area (Å²) in [6.07, 6.45) is 0. The van der Waals surface area contributed by atoms with Crippen molar-refractivity contribution in [3.63, 3.8) is 0 Å². The van der Waals surface area contributed by atoms with Gasteiger partial charge >= 0.3 is 0 Å². The van der Waals surface area contributed by atoms with E-state index in [-0.39, 0.29) is 22.8 Å². The van der Waals surface area contributed by atoms with E-state index in [1.165, 1.54) is 28.8 Å². The normalized spacial score (nSPS) is 11.2. The Morgan fingerprint density at radius 1 is 1.00 bits per heavy atom. The van der Waals surface area contributed by atoms with Gasteiger partial charge in [-0.1, -0.05) is 60.3 Å². The molecule has 3 aromatic carbocycles. The number of nitrogens with zero attached hydrogens (tertiary/aromatic N) is 3. The fourth-order valence-corrected chi connectivity index (χ4v) is 4.53. The van der Waals surface area contributed by atoms with Gasteiger partial charge < -0.3 is 4.98 Å². The molecule has 2 aromatic heterocycles. The summed E-state index contributed by atoms with van der Waals surface area (Å²) in [7, 11) is 0. The van der Waals surface area contributed by atoms with Crippen LogP contribution < -0.4 is 5.56 Å². The second-order valence-electron chi connectivity index (χ2n) is 7.28. The predicted octanol–water partition coefficient (Wildman–Crippen LogP) is 4.75. The van der Waals surface area contributed by atoms with Crippen molar-refractivity contribution >= 4 is 45.2 Å². The monoisotopic (exact) mass is 456 g/mol. The summed E-state index contributed by atoms with van der Waals surface area (Å²) in [5.74, 6) is -0.0128. The maximum absolute atomic E-state index is 13.5. The van der Waals surface area contributed by atoms with Crippen LogP contribution in [0, 0.1) is 10.1 Å². The predicted molar refractivity (Wildman–Crippen MR) is 127 cm³/mol. The highest BCUT2D eigenvalue weighted by molar-refractivity contribution is 7.99. The van der Waals surface area contributed by atoms with E-state index in [1.807, 2.05) is 30.3 Å². The van der Waals surface area contributed by atoms with E-state index >= 15 is 0 Å². The molecule has 9 heteroatoms. The number of benzene rings is 3. The minimum atomic E-state index is -0.500. The lowest BCUT2D eigenvalue weighted by molar-refractivity contribution is -0.384. The van der Waals surface area contributed by atoms with Gasteiger partial charge in [-0.15, -0.1) is 0 Å². The minimum Gasteiger partial charge on any atom is -0.349 e. The third-order valence-corrected chi connectivity index (χ3v) is 6.18. The molecule has 0 spiro atoms. The lowest BCUT2D eigenvalue weighted by atomic mass is 10.2. The summed E-state index contributed by atoms with van der Waals surface area (Å²) in [5.41, 5.74) is 2.18. The summed E-state index contributed by atoms with van der Waals surface area (Å²) in [4.78, 5) is 44.6. The number of nitrogens with one attached hydrogen (secondary N) is 1. The van der Waals surface area contributed by atoms with Gasteiger partial charge in [0.15, 0.2) is 10.9 Å². The van der Waals surface area contributed by atoms with Crippen LogP contribution in [0.2, 0.25) is 0 Å². The Balaban J connectivity index is 1.65. The van der Waals surface area contributed by atoms with Gasteiger partial charge in [0.05, 0.1) is 16.4 Å². The van der Waals surface area contributed by atoms with Gasteiger partial charge in [-0.05, 0) is 18.2 Å². The molecule has 0 saturated heterocycles. The summed E-state index contributed by atoms with van der Waals surface area (Å²) in [6, 6.07) is 22.0. The van der Waals surface area contributed by atoms with Crippen LogP contribution in [0.15, 0.2) is 88.8 Å². The molecule has 0 unspecified atom stereocenters. The molecule has 5 rings (SSSR count). The maximum atomic E-state index is 13.5. The molecule has 162 valence electrons. The van der Waals surface area contributed by atoms with Gasteiger partial charge in [0, 0.05) is 28.6 Å². The van der Waals surface area contributed by atoms with Crippen LogP contribution in [0.25, 0.3) is 27.6 Å². The van der Waals surface area contributed by atoms with E-state index in [9.17, 15) is 19.7 Å². The number of ketones is 1.